The number of hydrogen-bond acceptors (Lipinski definition) is 2. The number of nitrogens with zero attached hydrogens (tertiary/aromatic N) is 1. The minimum absolute atomic E-state index is 0. The molecular formula is C16H25ClN2. The smallest absolute Gasteiger partial charge is 0.0120 e. The van der Waals surface area contributed by atoms with Crippen molar-refractivity contribution < 1.29 is 0 Å². The molecule has 19 heavy (non-hydrogen) atoms. The van der Waals surface area contributed by atoms with Crippen molar-refractivity contribution in [3.05, 3.63) is 12.2 Å². The maximum absolute atomic E-state index is 3.51. The Kier molecular flexibility index (Phi) is 2.98. The Morgan fingerprint density at radius 1 is 0.842 bits per heavy atom. The van der Waals surface area contributed by atoms with Crippen LogP contribution in [-0.2, 0) is 0 Å². The molecule has 4 fully saturated rings. The van der Waals surface area contributed by atoms with E-state index in [0.717, 1.165) is 41.5 Å². The standard InChI is InChI=1S/C16H24N2.ClH/c1-2-12-14-7-13(14)11(1)15-8-18(9-16(12)15)10-3-5-17-6-4-10;/h1-2,10-17H,3-9H2;1H. The number of allylic oxidation sites excluding steroid dienone is 2. The molecule has 4 aliphatic carbocycles. The fraction of sp³-hybridized carbons (Fsp3) is 0.875. The summed E-state index contributed by atoms with van der Waals surface area (Å²) in [4.78, 5) is 2.87. The zero-order chi connectivity index (χ0) is 11.7. The summed E-state index contributed by atoms with van der Waals surface area (Å²) < 4.78 is 0. The molecule has 2 heterocycles. The molecular weight excluding hydrogens is 256 g/mol. The molecule has 0 amide bonds. The summed E-state index contributed by atoms with van der Waals surface area (Å²) in [5.41, 5.74) is 0. The molecule has 6 unspecified atom stereocenters. The summed E-state index contributed by atoms with van der Waals surface area (Å²) in [6, 6.07) is 0.896. The van der Waals surface area contributed by atoms with Crippen LogP contribution in [0, 0.1) is 35.5 Å². The van der Waals surface area contributed by atoms with Crippen LogP contribution in [0.15, 0.2) is 12.2 Å². The topological polar surface area (TPSA) is 15.3 Å². The van der Waals surface area contributed by atoms with E-state index in [4.69, 9.17) is 0 Å². The van der Waals surface area contributed by atoms with E-state index in [1.54, 1.807) is 6.42 Å². The number of likely N-dealkylation sites (tertiary alicyclic amines) is 1. The highest BCUT2D eigenvalue weighted by Gasteiger charge is 2.61. The third-order valence-electron chi connectivity index (χ3n) is 6.69. The molecule has 6 rings (SSSR count). The van der Waals surface area contributed by atoms with Crippen molar-refractivity contribution in [2.24, 2.45) is 35.5 Å². The zero-order valence-electron chi connectivity index (χ0n) is 11.5. The Balaban J connectivity index is 0.000000968. The minimum atomic E-state index is 0. The largest absolute Gasteiger partial charge is 0.317 e. The molecule has 2 bridgehead atoms. The number of hydrogen-bond donors (Lipinski definition) is 1. The normalized spacial score (nSPS) is 51.6. The van der Waals surface area contributed by atoms with Crippen LogP contribution in [0.3, 0.4) is 0 Å². The van der Waals surface area contributed by atoms with Gasteiger partial charge in [0, 0.05) is 19.1 Å². The van der Waals surface area contributed by atoms with Crippen LogP contribution in [0.5, 0.6) is 0 Å². The van der Waals surface area contributed by atoms with Gasteiger partial charge in [-0.1, -0.05) is 12.2 Å². The summed E-state index contributed by atoms with van der Waals surface area (Å²) in [5, 5.41) is 3.51. The number of nitrogens with one attached hydrogen (secondary N) is 1. The van der Waals surface area contributed by atoms with Crippen molar-refractivity contribution in [2.45, 2.75) is 25.3 Å². The molecule has 0 aromatic rings. The summed E-state index contributed by atoms with van der Waals surface area (Å²) in [7, 11) is 0. The number of halogens is 1. The van der Waals surface area contributed by atoms with Gasteiger partial charge in [0.25, 0.3) is 0 Å². The Morgan fingerprint density at radius 2 is 1.42 bits per heavy atom. The van der Waals surface area contributed by atoms with Gasteiger partial charge >= 0.3 is 0 Å². The molecule has 2 saturated heterocycles. The lowest BCUT2D eigenvalue weighted by molar-refractivity contribution is 0.156. The molecule has 6 atom stereocenters. The summed E-state index contributed by atoms with van der Waals surface area (Å²) in [6.45, 7) is 5.33. The van der Waals surface area contributed by atoms with Crippen molar-refractivity contribution in [3.63, 3.8) is 0 Å². The molecule has 1 N–H and O–H groups in total. The van der Waals surface area contributed by atoms with Gasteiger partial charge in [0.1, 0.15) is 0 Å². The van der Waals surface area contributed by atoms with Crippen LogP contribution in [0.25, 0.3) is 0 Å². The zero-order valence-corrected chi connectivity index (χ0v) is 12.3. The van der Waals surface area contributed by atoms with Gasteiger partial charge in [-0.05, 0) is 67.9 Å². The van der Waals surface area contributed by atoms with Crippen LogP contribution < -0.4 is 5.32 Å². The van der Waals surface area contributed by atoms with Crippen LogP contribution in [0.1, 0.15) is 19.3 Å². The lowest BCUT2D eigenvalue weighted by Crippen LogP contribution is -2.42. The molecule has 0 spiro atoms. The van der Waals surface area contributed by atoms with Crippen LogP contribution >= 0.6 is 12.4 Å². The maximum Gasteiger partial charge on any atom is 0.0120 e. The van der Waals surface area contributed by atoms with E-state index in [-0.39, 0.29) is 12.4 Å². The predicted octanol–water partition coefficient (Wildman–Crippen LogP) is 2.16. The van der Waals surface area contributed by atoms with Gasteiger partial charge < -0.3 is 5.32 Å². The monoisotopic (exact) mass is 280 g/mol. The van der Waals surface area contributed by atoms with Crippen molar-refractivity contribution in [1.29, 1.82) is 0 Å². The third kappa shape index (κ3) is 1.76. The first kappa shape index (κ1) is 12.7. The fourth-order valence-electron chi connectivity index (χ4n) is 5.75. The average molecular weight is 281 g/mol. The predicted molar refractivity (Wildman–Crippen MR) is 79.4 cm³/mol. The molecule has 2 saturated carbocycles. The second-order valence-corrected chi connectivity index (χ2v) is 7.37. The van der Waals surface area contributed by atoms with Gasteiger partial charge in [-0.3, -0.25) is 4.90 Å². The van der Waals surface area contributed by atoms with E-state index in [2.05, 4.69) is 22.4 Å². The first-order valence-electron chi connectivity index (χ1n) is 8.05. The van der Waals surface area contributed by atoms with Gasteiger partial charge in [0.05, 0.1) is 0 Å². The van der Waals surface area contributed by atoms with E-state index in [9.17, 15) is 0 Å². The summed E-state index contributed by atoms with van der Waals surface area (Å²) in [6.07, 6.45) is 9.53. The van der Waals surface area contributed by atoms with Crippen LogP contribution in [-0.4, -0.2) is 37.1 Å². The second-order valence-electron chi connectivity index (χ2n) is 7.37. The Hall–Kier alpha value is -0.0500. The molecule has 3 heteroatoms. The molecule has 2 aliphatic heterocycles. The first-order valence-corrected chi connectivity index (χ1v) is 8.05. The maximum atomic E-state index is 3.51. The van der Waals surface area contributed by atoms with Crippen LogP contribution in [0.4, 0.5) is 0 Å². The van der Waals surface area contributed by atoms with E-state index >= 15 is 0 Å². The molecule has 2 nitrogen and oxygen atoms in total. The molecule has 0 radical (unpaired) electrons. The first-order chi connectivity index (χ1) is 8.92. The average Bonchev–Trinajstić information content (AvgIpc) is 3.12. The van der Waals surface area contributed by atoms with Gasteiger partial charge in [0.2, 0.25) is 0 Å². The number of piperidine rings is 1. The van der Waals surface area contributed by atoms with E-state index in [1.165, 1.54) is 39.0 Å². The highest BCUT2D eigenvalue weighted by molar-refractivity contribution is 5.85. The van der Waals surface area contributed by atoms with Crippen LogP contribution in [0.2, 0.25) is 0 Å². The van der Waals surface area contributed by atoms with Crippen molar-refractivity contribution >= 4 is 12.4 Å². The molecule has 0 aromatic carbocycles. The number of rotatable bonds is 1. The van der Waals surface area contributed by atoms with Crippen molar-refractivity contribution in [2.75, 3.05) is 26.2 Å². The van der Waals surface area contributed by atoms with Gasteiger partial charge in [-0.25, -0.2) is 0 Å². The fourth-order valence-corrected chi connectivity index (χ4v) is 5.75. The lowest BCUT2D eigenvalue weighted by atomic mass is 9.64. The van der Waals surface area contributed by atoms with Gasteiger partial charge in [-0.15, -0.1) is 12.4 Å². The lowest BCUT2D eigenvalue weighted by Gasteiger charge is -2.40. The Morgan fingerprint density at radius 3 is 2.00 bits per heavy atom. The second kappa shape index (κ2) is 4.47. The Labute approximate surface area is 122 Å². The van der Waals surface area contributed by atoms with Gasteiger partial charge in [0.15, 0.2) is 0 Å². The highest BCUT2D eigenvalue weighted by Crippen LogP contribution is 2.65. The molecule has 6 aliphatic rings. The summed E-state index contributed by atoms with van der Waals surface area (Å²) in [5.74, 6) is 6.20. The third-order valence-corrected chi connectivity index (χ3v) is 6.69. The van der Waals surface area contributed by atoms with E-state index in [1.807, 2.05) is 0 Å². The van der Waals surface area contributed by atoms with E-state index in [0.29, 0.717) is 0 Å². The van der Waals surface area contributed by atoms with E-state index < -0.39 is 0 Å². The molecule has 0 aromatic heterocycles. The SMILES string of the molecule is C1=CC2C3CC3C1C1CN(C3CCNCC3)CC21.Cl. The Bertz CT molecular complexity index is 364. The summed E-state index contributed by atoms with van der Waals surface area (Å²) >= 11 is 0. The highest BCUT2D eigenvalue weighted by atomic mass is 35.5. The van der Waals surface area contributed by atoms with Gasteiger partial charge in [-0.2, -0.15) is 0 Å². The quantitative estimate of drug-likeness (QED) is 0.741. The molecule has 106 valence electrons. The van der Waals surface area contributed by atoms with Crippen molar-refractivity contribution in [3.8, 4) is 0 Å². The minimum Gasteiger partial charge on any atom is -0.317 e. The van der Waals surface area contributed by atoms with Crippen molar-refractivity contribution in [1.82, 2.24) is 10.2 Å².